The fourth-order valence-corrected chi connectivity index (χ4v) is 2.92. The predicted octanol–water partition coefficient (Wildman–Crippen LogP) is 2.54. The molecule has 1 aliphatic rings. The van der Waals surface area contributed by atoms with Crippen LogP contribution in [0.2, 0.25) is 0 Å². The van der Waals surface area contributed by atoms with Crippen molar-refractivity contribution in [2.45, 2.75) is 51.5 Å². The summed E-state index contributed by atoms with van der Waals surface area (Å²) >= 11 is 0. The fourth-order valence-electron chi connectivity index (χ4n) is 2.92. The fraction of sp³-hybridized carbons (Fsp3) is 0.571. The molecule has 2 aromatic heterocycles. The largest absolute Gasteiger partial charge is 0.325 e. The lowest BCUT2D eigenvalue weighted by atomic mass is 9.87. The summed E-state index contributed by atoms with van der Waals surface area (Å²) in [5, 5.41) is 0. The molecule has 18 heavy (non-hydrogen) atoms. The van der Waals surface area contributed by atoms with Crippen molar-refractivity contribution in [2.75, 3.05) is 0 Å². The van der Waals surface area contributed by atoms with Gasteiger partial charge in [-0.25, -0.2) is 9.97 Å². The minimum atomic E-state index is 0.486. The molecule has 1 fully saturated rings. The van der Waals surface area contributed by atoms with E-state index in [4.69, 9.17) is 10.7 Å². The Morgan fingerprint density at radius 2 is 2.06 bits per heavy atom. The van der Waals surface area contributed by atoms with E-state index in [1.54, 1.807) is 0 Å². The summed E-state index contributed by atoms with van der Waals surface area (Å²) in [7, 11) is 0. The van der Waals surface area contributed by atoms with Crippen molar-refractivity contribution in [2.24, 2.45) is 5.73 Å². The van der Waals surface area contributed by atoms with Gasteiger partial charge in [0.05, 0.1) is 5.69 Å². The molecule has 1 aliphatic carbocycles. The van der Waals surface area contributed by atoms with Crippen molar-refractivity contribution in [3.63, 3.8) is 0 Å². The first-order valence-electron chi connectivity index (χ1n) is 6.83. The molecule has 0 bridgehead atoms. The highest BCUT2D eigenvalue weighted by Crippen LogP contribution is 2.32. The van der Waals surface area contributed by atoms with E-state index in [0.29, 0.717) is 12.5 Å². The van der Waals surface area contributed by atoms with Crippen LogP contribution in [0.5, 0.6) is 0 Å². The zero-order valence-electron chi connectivity index (χ0n) is 10.9. The Kier molecular flexibility index (Phi) is 3.04. The molecule has 0 unspecified atom stereocenters. The number of aryl methyl sites for hydroxylation is 1. The van der Waals surface area contributed by atoms with Gasteiger partial charge in [-0.05, 0) is 19.8 Å². The van der Waals surface area contributed by atoms with Crippen LogP contribution in [0.1, 0.15) is 55.2 Å². The SMILES string of the molecule is Cc1nc(C2CCCCC2)cc2nc(CN)cn12. The molecule has 0 spiro atoms. The van der Waals surface area contributed by atoms with Crippen molar-refractivity contribution in [3.8, 4) is 0 Å². The summed E-state index contributed by atoms with van der Waals surface area (Å²) < 4.78 is 2.04. The van der Waals surface area contributed by atoms with Crippen LogP contribution >= 0.6 is 0 Å². The first-order chi connectivity index (χ1) is 8.78. The maximum Gasteiger partial charge on any atom is 0.140 e. The Morgan fingerprint density at radius 1 is 1.28 bits per heavy atom. The van der Waals surface area contributed by atoms with E-state index in [9.17, 15) is 0 Å². The van der Waals surface area contributed by atoms with E-state index >= 15 is 0 Å². The molecule has 3 rings (SSSR count). The molecule has 0 amide bonds. The molecule has 0 saturated heterocycles. The number of rotatable bonds is 2. The van der Waals surface area contributed by atoms with Gasteiger partial charge in [-0.3, -0.25) is 4.40 Å². The number of nitrogens with two attached hydrogens (primary N) is 1. The third kappa shape index (κ3) is 2.01. The van der Waals surface area contributed by atoms with Crippen LogP contribution in [0.25, 0.3) is 5.65 Å². The normalized spacial score (nSPS) is 17.4. The number of hydrogen-bond donors (Lipinski definition) is 1. The maximum atomic E-state index is 5.65. The summed E-state index contributed by atoms with van der Waals surface area (Å²) in [6.45, 7) is 2.53. The minimum absolute atomic E-state index is 0.486. The lowest BCUT2D eigenvalue weighted by Gasteiger charge is -2.21. The van der Waals surface area contributed by atoms with Crippen molar-refractivity contribution < 1.29 is 0 Å². The highest BCUT2D eigenvalue weighted by molar-refractivity contribution is 5.43. The first-order valence-corrected chi connectivity index (χ1v) is 6.83. The van der Waals surface area contributed by atoms with Crippen molar-refractivity contribution >= 4 is 5.65 Å². The average molecular weight is 244 g/mol. The third-order valence-corrected chi connectivity index (χ3v) is 3.93. The Bertz CT molecular complexity index is 552. The molecule has 2 N–H and O–H groups in total. The summed E-state index contributed by atoms with van der Waals surface area (Å²) in [5.74, 6) is 1.64. The predicted molar refractivity (Wildman–Crippen MR) is 71.4 cm³/mol. The van der Waals surface area contributed by atoms with Gasteiger partial charge in [0, 0.05) is 30.4 Å². The van der Waals surface area contributed by atoms with E-state index in [-0.39, 0.29) is 0 Å². The average Bonchev–Trinajstić information content (AvgIpc) is 2.83. The van der Waals surface area contributed by atoms with E-state index in [2.05, 4.69) is 11.1 Å². The van der Waals surface area contributed by atoms with Gasteiger partial charge in [-0.2, -0.15) is 0 Å². The summed E-state index contributed by atoms with van der Waals surface area (Å²) in [4.78, 5) is 9.30. The third-order valence-electron chi connectivity index (χ3n) is 3.93. The summed E-state index contributed by atoms with van der Waals surface area (Å²) in [5.41, 5.74) is 8.79. The summed E-state index contributed by atoms with van der Waals surface area (Å²) in [6, 6.07) is 2.14. The number of imidazole rings is 1. The molecule has 96 valence electrons. The molecule has 4 nitrogen and oxygen atoms in total. The lowest BCUT2D eigenvalue weighted by molar-refractivity contribution is 0.435. The van der Waals surface area contributed by atoms with Crippen LogP contribution < -0.4 is 5.73 Å². The van der Waals surface area contributed by atoms with Gasteiger partial charge in [0.1, 0.15) is 11.5 Å². The second-order valence-electron chi connectivity index (χ2n) is 5.23. The zero-order valence-corrected chi connectivity index (χ0v) is 10.9. The molecule has 0 radical (unpaired) electrons. The van der Waals surface area contributed by atoms with Gasteiger partial charge in [0.15, 0.2) is 0 Å². The highest BCUT2D eigenvalue weighted by atomic mass is 15.1. The Morgan fingerprint density at radius 3 is 2.78 bits per heavy atom. The minimum Gasteiger partial charge on any atom is -0.325 e. The number of hydrogen-bond acceptors (Lipinski definition) is 3. The van der Waals surface area contributed by atoms with Crippen LogP contribution in [-0.2, 0) is 6.54 Å². The molecule has 0 atom stereocenters. The van der Waals surface area contributed by atoms with Crippen LogP contribution in [0, 0.1) is 6.92 Å². The lowest BCUT2D eigenvalue weighted by Crippen LogP contribution is -2.09. The standard InChI is InChI=1S/C14H20N4/c1-10-16-13(11-5-3-2-4-6-11)7-14-17-12(8-15)9-18(10)14/h7,9,11H,2-6,8,15H2,1H3. The molecule has 2 aromatic rings. The van der Waals surface area contributed by atoms with Gasteiger partial charge in [0.25, 0.3) is 0 Å². The Hall–Kier alpha value is -1.42. The van der Waals surface area contributed by atoms with E-state index in [0.717, 1.165) is 17.2 Å². The monoisotopic (exact) mass is 244 g/mol. The summed E-state index contributed by atoms with van der Waals surface area (Å²) in [6.07, 6.45) is 8.57. The molecule has 1 saturated carbocycles. The van der Waals surface area contributed by atoms with Crippen LogP contribution in [0.4, 0.5) is 0 Å². The second kappa shape index (κ2) is 4.69. The van der Waals surface area contributed by atoms with Gasteiger partial charge in [0.2, 0.25) is 0 Å². The Balaban J connectivity index is 2.02. The number of nitrogens with zero attached hydrogens (tertiary/aromatic N) is 3. The number of fused-ring (bicyclic) bond motifs is 1. The molecular weight excluding hydrogens is 224 g/mol. The van der Waals surface area contributed by atoms with E-state index in [1.165, 1.54) is 37.8 Å². The topological polar surface area (TPSA) is 56.2 Å². The van der Waals surface area contributed by atoms with Crippen molar-refractivity contribution in [1.29, 1.82) is 0 Å². The molecule has 0 aliphatic heterocycles. The van der Waals surface area contributed by atoms with Gasteiger partial charge >= 0.3 is 0 Å². The van der Waals surface area contributed by atoms with Gasteiger partial charge < -0.3 is 5.73 Å². The van der Waals surface area contributed by atoms with E-state index < -0.39 is 0 Å². The van der Waals surface area contributed by atoms with E-state index in [1.807, 2.05) is 17.5 Å². The van der Waals surface area contributed by atoms with Crippen LogP contribution in [0.3, 0.4) is 0 Å². The Labute approximate surface area is 107 Å². The second-order valence-corrected chi connectivity index (χ2v) is 5.23. The molecule has 4 heteroatoms. The first kappa shape index (κ1) is 11.7. The zero-order chi connectivity index (χ0) is 12.5. The van der Waals surface area contributed by atoms with Gasteiger partial charge in [-0.1, -0.05) is 19.3 Å². The quantitative estimate of drug-likeness (QED) is 0.883. The van der Waals surface area contributed by atoms with Crippen LogP contribution in [-0.4, -0.2) is 14.4 Å². The smallest absolute Gasteiger partial charge is 0.140 e. The van der Waals surface area contributed by atoms with Crippen molar-refractivity contribution in [3.05, 3.63) is 29.5 Å². The maximum absolute atomic E-state index is 5.65. The van der Waals surface area contributed by atoms with Gasteiger partial charge in [-0.15, -0.1) is 0 Å². The molecule has 0 aromatic carbocycles. The highest BCUT2D eigenvalue weighted by Gasteiger charge is 2.18. The van der Waals surface area contributed by atoms with Crippen molar-refractivity contribution in [1.82, 2.24) is 14.4 Å². The number of aromatic nitrogens is 3. The molecule has 2 heterocycles. The molecular formula is C14H20N4. The van der Waals surface area contributed by atoms with Crippen LogP contribution in [0.15, 0.2) is 12.3 Å².